The Hall–Kier alpha value is -0.570. The van der Waals surface area contributed by atoms with Gasteiger partial charge in [0.2, 0.25) is 0 Å². The molecule has 3 nitrogen and oxygen atoms in total. The van der Waals surface area contributed by atoms with Gasteiger partial charge in [-0.3, -0.25) is 4.79 Å². The number of rotatable bonds is 3. The lowest BCUT2D eigenvalue weighted by molar-refractivity contribution is -0.149. The van der Waals surface area contributed by atoms with E-state index < -0.39 is 11.4 Å². The molecule has 1 aliphatic heterocycles. The molecule has 1 N–H and O–H groups in total. The molecular weight excluding hydrogens is 190 g/mol. The molecule has 86 valence electrons. The molecule has 0 bridgehead atoms. The van der Waals surface area contributed by atoms with Crippen molar-refractivity contribution in [3.8, 4) is 0 Å². The van der Waals surface area contributed by atoms with Crippen LogP contribution in [0.2, 0.25) is 0 Å². The summed E-state index contributed by atoms with van der Waals surface area (Å²) in [5.74, 6) is 0.486. The second-order valence-electron chi connectivity index (χ2n) is 5.64. The van der Waals surface area contributed by atoms with Gasteiger partial charge in [0.1, 0.15) is 0 Å². The van der Waals surface area contributed by atoms with Gasteiger partial charge >= 0.3 is 5.97 Å². The van der Waals surface area contributed by atoms with Crippen LogP contribution in [0, 0.1) is 17.3 Å². The number of fused-ring (bicyclic) bond motifs is 1. The van der Waals surface area contributed by atoms with E-state index in [2.05, 4.69) is 18.7 Å². The zero-order chi connectivity index (χ0) is 11.1. The summed E-state index contributed by atoms with van der Waals surface area (Å²) in [7, 11) is 0. The number of likely N-dealkylation sites (tertiary alicyclic amines) is 1. The summed E-state index contributed by atoms with van der Waals surface area (Å²) in [5, 5.41) is 9.40. The summed E-state index contributed by atoms with van der Waals surface area (Å²) in [4.78, 5) is 13.8. The minimum Gasteiger partial charge on any atom is -0.481 e. The Kier molecular flexibility index (Phi) is 2.75. The van der Waals surface area contributed by atoms with Crippen LogP contribution < -0.4 is 0 Å². The van der Waals surface area contributed by atoms with E-state index in [0.29, 0.717) is 11.8 Å². The Morgan fingerprint density at radius 1 is 1.60 bits per heavy atom. The molecule has 0 amide bonds. The predicted molar refractivity (Wildman–Crippen MR) is 58.7 cm³/mol. The Morgan fingerprint density at radius 2 is 2.33 bits per heavy atom. The third-order valence-corrected chi connectivity index (χ3v) is 3.99. The topological polar surface area (TPSA) is 40.5 Å². The van der Waals surface area contributed by atoms with Crippen LogP contribution >= 0.6 is 0 Å². The van der Waals surface area contributed by atoms with Crippen LogP contribution in [0.1, 0.15) is 33.1 Å². The molecule has 0 aromatic heterocycles. The van der Waals surface area contributed by atoms with E-state index in [-0.39, 0.29) is 0 Å². The second-order valence-corrected chi connectivity index (χ2v) is 5.64. The van der Waals surface area contributed by atoms with E-state index in [1.165, 1.54) is 0 Å². The average Bonchev–Trinajstić information content (AvgIpc) is 2.58. The maximum Gasteiger partial charge on any atom is 0.311 e. The van der Waals surface area contributed by atoms with Gasteiger partial charge in [-0.2, -0.15) is 0 Å². The number of carbonyl (C=O) groups is 1. The average molecular weight is 211 g/mol. The second kappa shape index (κ2) is 3.78. The minimum absolute atomic E-state index is 0.394. The van der Waals surface area contributed by atoms with Gasteiger partial charge in [-0.1, -0.05) is 20.3 Å². The summed E-state index contributed by atoms with van der Waals surface area (Å²) in [6.45, 7) is 7.23. The fraction of sp³-hybridized carbons (Fsp3) is 0.917. The zero-order valence-corrected chi connectivity index (χ0v) is 9.70. The van der Waals surface area contributed by atoms with E-state index in [1.54, 1.807) is 0 Å². The van der Waals surface area contributed by atoms with Crippen LogP contribution in [0.25, 0.3) is 0 Å². The number of aliphatic carboxylic acids is 1. The van der Waals surface area contributed by atoms with Gasteiger partial charge in [0, 0.05) is 19.6 Å². The Balaban J connectivity index is 2.07. The first-order chi connectivity index (χ1) is 7.04. The van der Waals surface area contributed by atoms with Crippen molar-refractivity contribution in [2.75, 3.05) is 19.6 Å². The summed E-state index contributed by atoms with van der Waals surface area (Å²) in [6.07, 6.45) is 3.11. The first-order valence-electron chi connectivity index (χ1n) is 6.00. The van der Waals surface area contributed by atoms with Crippen LogP contribution in [0.5, 0.6) is 0 Å². The van der Waals surface area contributed by atoms with E-state index in [1.807, 2.05) is 0 Å². The smallest absolute Gasteiger partial charge is 0.311 e. The SMILES string of the molecule is CC(C)CN1C[C@@H]2CCC[C@]2(C(=O)O)C1. The third kappa shape index (κ3) is 1.78. The maximum atomic E-state index is 11.4. The molecule has 2 rings (SSSR count). The van der Waals surface area contributed by atoms with E-state index >= 15 is 0 Å². The van der Waals surface area contributed by atoms with Crippen LogP contribution in [-0.4, -0.2) is 35.6 Å². The van der Waals surface area contributed by atoms with Crippen molar-refractivity contribution < 1.29 is 9.90 Å². The third-order valence-electron chi connectivity index (χ3n) is 3.99. The van der Waals surface area contributed by atoms with Gasteiger partial charge < -0.3 is 10.0 Å². The van der Waals surface area contributed by atoms with Crippen molar-refractivity contribution in [1.82, 2.24) is 4.90 Å². The van der Waals surface area contributed by atoms with Crippen molar-refractivity contribution in [3.05, 3.63) is 0 Å². The van der Waals surface area contributed by atoms with Crippen molar-refractivity contribution in [2.24, 2.45) is 17.3 Å². The normalized spacial score (nSPS) is 36.1. The molecule has 0 aromatic carbocycles. The van der Waals surface area contributed by atoms with Gasteiger partial charge in [0.15, 0.2) is 0 Å². The highest BCUT2D eigenvalue weighted by atomic mass is 16.4. The highest BCUT2D eigenvalue weighted by molar-refractivity contribution is 5.76. The van der Waals surface area contributed by atoms with Crippen LogP contribution in [0.15, 0.2) is 0 Å². The van der Waals surface area contributed by atoms with Crippen molar-refractivity contribution in [2.45, 2.75) is 33.1 Å². The molecule has 1 aliphatic carbocycles. The summed E-state index contributed by atoms with van der Waals surface area (Å²) in [5.41, 5.74) is -0.394. The van der Waals surface area contributed by atoms with E-state index in [9.17, 15) is 9.90 Å². The Bertz CT molecular complexity index is 264. The fourth-order valence-electron chi connectivity index (χ4n) is 3.40. The van der Waals surface area contributed by atoms with Gasteiger partial charge in [0.05, 0.1) is 5.41 Å². The Labute approximate surface area is 91.5 Å². The molecule has 2 fully saturated rings. The standard InChI is InChI=1S/C12H21NO2/c1-9(2)6-13-7-10-4-3-5-12(10,8-13)11(14)15/h9-10H,3-8H2,1-2H3,(H,14,15)/t10-,12-/m0/s1. The summed E-state index contributed by atoms with van der Waals surface area (Å²) < 4.78 is 0. The maximum absolute atomic E-state index is 11.4. The van der Waals surface area contributed by atoms with Crippen molar-refractivity contribution in [3.63, 3.8) is 0 Å². The number of carboxylic acids is 1. The monoisotopic (exact) mass is 211 g/mol. The number of hydrogen-bond donors (Lipinski definition) is 1. The molecule has 3 heteroatoms. The molecule has 0 aromatic rings. The molecule has 1 saturated heterocycles. The molecule has 0 unspecified atom stereocenters. The van der Waals surface area contributed by atoms with Gasteiger partial charge in [0.25, 0.3) is 0 Å². The van der Waals surface area contributed by atoms with E-state index in [0.717, 1.165) is 38.9 Å². The van der Waals surface area contributed by atoms with Crippen LogP contribution in [0.3, 0.4) is 0 Å². The minimum atomic E-state index is -0.559. The quantitative estimate of drug-likeness (QED) is 0.774. The molecule has 1 heterocycles. The highest BCUT2D eigenvalue weighted by Gasteiger charge is 2.54. The first-order valence-corrected chi connectivity index (χ1v) is 6.00. The number of carboxylic acid groups (broad SMARTS) is 1. The lowest BCUT2D eigenvalue weighted by Crippen LogP contribution is -2.36. The number of nitrogens with zero attached hydrogens (tertiary/aromatic N) is 1. The van der Waals surface area contributed by atoms with Gasteiger partial charge in [-0.25, -0.2) is 0 Å². The van der Waals surface area contributed by atoms with Crippen LogP contribution in [-0.2, 0) is 4.79 Å². The number of hydrogen-bond acceptors (Lipinski definition) is 2. The van der Waals surface area contributed by atoms with Crippen molar-refractivity contribution >= 4 is 5.97 Å². The van der Waals surface area contributed by atoms with Crippen molar-refractivity contribution in [1.29, 1.82) is 0 Å². The molecule has 2 atom stereocenters. The summed E-state index contributed by atoms with van der Waals surface area (Å²) >= 11 is 0. The lowest BCUT2D eigenvalue weighted by Gasteiger charge is -2.24. The zero-order valence-electron chi connectivity index (χ0n) is 9.70. The molecular formula is C12H21NO2. The predicted octanol–water partition coefficient (Wildman–Crippen LogP) is 1.83. The lowest BCUT2D eigenvalue weighted by atomic mass is 9.81. The van der Waals surface area contributed by atoms with Crippen LogP contribution in [0.4, 0.5) is 0 Å². The molecule has 1 saturated carbocycles. The largest absolute Gasteiger partial charge is 0.481 e. The van der Waals surface area contributed by atoms with Gasteiger partial charge in [-0.15, -0.1) is 0 Å². The van der Waals surface area contributed by atoms with E-state index in [4.69, 9.17) is 0 Å². The van der Waals surface area contributed by atoms with Gasteiger partial charge in [-0.05, 0) is 24.7 Å². The first kappa shape index (κ1) is 10.9. The highest BCUT2D eigenvalue weighted by Crippen LogP contribution is 2.48. The summed E-state index contributed by atoms with van der Waals surface area (Å²) in [6, 6.07) is 0. The molecule has 2 aliphatic rings. The molecule has 0 spiro atoms. The molecule has 0 radical (unpaired) electrons. The molecule has 15 heavy (non-hydrogen) atoms. The Morgan fingerprint density at radius 3 is 2.87 bits per heavy atom. The fourth-order valence-corrected chi connectivity index (χ4v) is 3.40.